The van der Waals surface area contributed by atoms with Crippen molar-refractivity contribution in [2.24, 2.45) is 5.92 Å². The number of ether oxygens (including phenoxy) is 1. The van der Waals surface area contributed by atoms with Crippen LogP contribution in [0, 0.1) is 5.92 Å². The van der Waals surface area contributed by atoms with E-state index in [1.807, 2.05) is 35.5 Å². The fraction of sp³-hybridized carbons (Fsp3) is 0.545. The molecule has 0 atom stereocenters. The summed E-state index contributed by atoms with van der Waals surface area (Å²) in [6.45, 7) is 7.41. The maximum absolute atomic E-state index is 11.4. The van der Waals surface area contributed by atoms with Gasteiger partial charge in [-0.15, -0.1) is 0 Å². The number of allylic oxidation sites excluding steroid dienone is 2. The van der Waals surface area contributed by atoms with Gasteiger partial charge in [0.1, 0.15) is 7.22 Å². The molecular weight excluding hydrogens is 224 g/mol. The maximum Gasteiger partial charge on any atom is 0.316 e. The van der Waals surface area contributed by atoms with Crippen molar-refractivity contribution in [2.45, 2.75) is 19.6 Å². The van der Waals surface area contributed by atoms with E-state index in [-0.39, 0.29) is 11.9 Å². The highest BCUT2D eigenvalue weighted by Crippen LogP contribution is 2.19. The van der Waals surface area contributed by atoms with E-state index in [0.29, 0.717) is 6.61 Å². The predicted octanol–water partition coefficient (Wildman–Crippen LogP) is 2.84. The van der Waals surface area contributed by atoms with E-state index < -0.39 is 7.22 Å². The Labute approximate surface area is 96.4 Å². The molecule has 0 amide bonds. The van der Waals surface area contributed by atoms with E-state index in [4.69, 9.17) is 4.74 Å². The molecule has 4 heteroatoms. The van der Waals surface area contributed by atoms with Gasteiger partial charge in [-0.3, -0.25) is 4.79 Å². The standard InChI is InChI=1S/C11H18O2SSi/c1-15(2,3)14-9-8-13-11(12)10-6-4-5-7-10/h4-7,10H,8-9H2,1-3H3. The molecule has 1 aliphatic rings. The Morgan fingerprint density at radius 3 is 2.47 bits per heavy atom. The van der Waals surface area contributed by atoms with Crippen LogP contribution in [0.2, 0.25) is 19.6 Å². The van der Waals surface area contributed by atoms with E-state index in [9.17, 15) is 4.79 Å². The molecule has 1 aliphatic carbocycles. The number of hydrogen-bond acceptors (Lipinski definition) is 3. The third kappa shape index (κ3) is 5.23. The summed E-state index contributed by atoms with van der Waals surface area (Å²) in [4.78, 5) is 11.4. The predicted molar refractivity (Wildman–Crippen MR) is 68.5 cm³/mol. The second-order valence-corrected chi connectivity index (χ2v) is 13.9. The summed E-state index contributed by atoms with van der Waals surface area (Å²) in [5, 5.41) is 0. The summed E-state index contributed by atoms with van der Waals surface area (Å²) in [6, 6.07) is 0. The lowest BCUT2D eigenvalue weighted by atomic mass is 10.2. The Kier molecular flexibility index (Phi) is 4.66. The minimum Gasteiger partial charge on any atom is -0.464 e. The fourth-order valence-corrected chi connectivity index (χ4v) is 4.04. The quantitative estimate of drug-likeness (QED) is 0.421. The minimum absolute atomic E-state index is 0.129. The van der Waals surface area contributed by atoms with Crippen LogP contribution >= 0.6 is 11.2 Å². The Morgan fingerprint density at radius 1 is 1.33 bits per heavy atom. The zero-order valence-electron chi connectivity index (χ0n) is 9.53. The molecule has 0 saturated carbocycles. The molecule has 0 unspecified atom stereocenters. The fourth-order valence-electron chi connectivity index (χ4n) is 1.18. The Morgan fingerprint density at radius 2 is 1.93 bits per heavy atom. The zero-order valence-corrected chi connectivity index (χ0v) is 11.3. The number of carbonyl (C=O) groups excluding carboxylic acids is 1. The molecule has 0 saturated heterocycles. The largest absolute Gasteiger partial charge is 0.464 e. The van der Waals surface area contributed by atoms with Crippen molar-refractivity contribution < 1.29 is 9.53 Å². The third-order valence-electron chi connectivity index (χ3n) is 1.88. The molecule has 0 spiro atoms. The van der Waals surface area contributed by atoms with Crippen LogP contribution in [0.25, 0.3) is 0 Å². The first kappa shape index (κ1) is 12.6. The van der Waals surface area contributed by atoms with E-state index >= 15 is 0 Å². The zero-order chi connectivity index (χ0) is 11.3. The van der Waals surface area contributed by atoms with Crippen LogP contribution < -0.4 is 0 Å². The summed E-state index contributed by atoms with van der Waals surface area (Å²) >= 11 is 1.94. The maximum atomic E-state index is 11.4. The third-order valence-corrected chi connectivity index (χ3v) is 6.33. The van der Waals surface area contributed by atoms with Crippen molar-refractivity contribution >= 4 is 24.4 Å². The van der Waals surface area contributed by atoms with E-state index in [2.05, 4.69) is 19.6 Å². The average Bonchev–Trinajstić information content (AvgIpc) is 2.63. The van der Waals surface area contributed by atoms with E-state index in [1.165, 1.54) is 0 Å². The van der Waals surface area contributed by atoms with Crippen molar-refractivity contribution in [3.8, 4) is 0 Å². The van der Waals surface area contributed by atoms with Crippen LogP contribution in [0.4, 0.5) is 0 Å². The molecule has 0 heterocycles. The Bertz CT molecular complexity index is 267. The van der Waals surface area contributed by atoms with Crippen LogP contribution in [0.5, 0.6) is 0 Å². The number of esters is 1. The van der Waals surface area contributed by atoms with Gasteiger partial charge in [-0.2, -0.15) is 11.2 Å². The summed E-state index contributed by atoms with van der Waals surface area (Å²) < 4.78 is 5.18. The lowest BCUT2D eigenvalue weighted by molar-refractivity contribution is -0.144. The van der Waals surface area contributed by atoms with Gasteiger partial charge in [0.25, 0.3) is 0 Å². The van der Waals surface area contributed by atoms with Crippen LogP contribution in [0.15, 0.2) is 24.3 Å². The molecule has 2 nitrogen and oxygen atoms in total. The van der Waals surface area contributed by atoms with Gasteiger partial charge in [-0.1, -0.05) is 43.9 Å². The Balaban J connectivity index is 2.13. The SMILES string of the molecule is C[Si](C)(C)SCCOC(=O)C1C=CC=C1. The first-order valence-electron chi connectivity index (χ1n) is 5.15. The van der Waals surface area contributed by atoms with Crippen molar-refractivity contribution in [3.63, 3.8) is 0 Å². The van der Waals surface area contributed by atoms with Gasteiger partial charge in [0.05, 0.1) is 12.5 Å². The summed E-state index contributed by atoms with van der Waals surface area (Å²) in [6.07, 6.45) is 7.47. The van der Waals surface area contributed by atoms with E-state index in [0.717, 1.165) is 5.75 Å². The average molecular weight is 242 g/mol. The molecule has 1 rings (SSSR count). The van der Waals surface area contributed by atoms with Crippen molar-refractivity contribution in [1.82, 2.24) is 0 Å². The highest BCUT2D eigenvalue weighted by molar-refractivity contribution is 8.28. The molecule has 0 aromatic heterocycles. The van der Waals surface area contributed by atoms with Crippen molar-refractivity contribution in [3.05, 3.63) is 24.3 Å². The Hall–Kier alpha value is -0.483. The summed E-state index contributed by atoms with van der Waals surface area (Å²) in [5.41, 5.74) is 0. The monoisotopic (exact) mass is 242 g/mol. The van der Waals surface area contributed by atoms with Gasteiger partial charge >= 0.3 is 5.97 Å². The molecule has 0 aromatic rings. The molecule has 0 radical (unpaired) electrons. The van der Waals surface area contributed by atoms with Crippen LogP contribution in [0.1, 0.15) is 0 Å². The molecule has 0 bridgehead atoms. The van der Waals surface area contributed by atoms with Gasteiger partial charge in [-0.25, -0.2) is 0 Å². The second kappa shape index (κ2) is 5.56. The first-order chi connectivity index (χ1) is 6.99. The molecule has 84 valence electrons. The van der Waals surface area contributed by atoms with E-state index in [1.54, 1.807) is 0 Å². The number of hydrogen-bond donors (Lipinski definition) is 0. The topological polar surface area (TPSA) is 26.3 Å². The number of carbonyl (C=O) groups is 1. The van der Waals surface area contributed by atoms with Gasteiger partial charge in [0.2, 0.25) is 0 Å². The molecule has 0 N–H and O–H groups in total. The molecular formula is C11H18O2SSi. The van der Waals surface area contributed by atoms with Crippen molar-refractivity contribution in [2.75, 3.05) is 12.4 Å². The summed E-state index contributed by atoms with van der Waals surface area (Å²) in [5.74, 6) is 0.639. The minimum atomic E-state index is -1.06. The molecule has 15 heavy (non-hydrogen) atoms. The highest BCUT2D eigenvalue weighted by Gasteiger charge is 2.17. The van der Waals surface area contributed by atoms with Gasteiger partial charge in [0.15, 0.2) is 0 Å². The molecule has 0 aliphatic heterocycles. The second-order valence-electron chi connectivity index (χ2n) is 4.42. The van der Waals surface area contributed by atoms with Crippen LogP contribution in [0.3, 0.4) is 0 Å². The first-order valence-corrected chi connectivity index (χ1v) is 10.4. The van der Waals surface area contributed by atoms with Crippen molar-refractivity contribution in [1.29, 1.82) is 0 Å². The molecule has 0 aromatic carbocycles. The highest BCUT2D eigenvalue weighted by atomic mass is 32.4. The van der Waals surface area contributed by atoms with Gasteiger partial charge in [-0.05, 0) is 0 Å². The van der Waals surface area contributed by atoms with Gasteiger partial charge in [0, 0.05) is 5.75 Å². The van der Waals surface area contributed by atoms with Crippen LogP contribution in [-0.2, 0) is 9.53 Å². The normalized spacial score (nSPS) is 15.9. The number of rotatable bonds is 5. The summed E-state index contributed by atoms with van der Waals surface area (Å²) in [7, 11) is -1.06. The lowest BCUT2D eigenvalue weighted by Gasteiger charge is -2.15. The smallest absolute Gasteiger partial charge is 0.316 e. The van der Waals surface area contributed by atoms with Crippen LogP contribution in [-0.4, -0.2) is 25.6 Å². The lowest BCUT2D eigenvalue weighted by Crippen LogP contribution is -2.19. The molecule has 0 fully saturated rings. The van der Waals surface area contributed by atoms with Gasteiger partial charge < -0.3 is 4.74 Å².